The van der Waals surface area contributed by atoms with Gasteiger partial charge in [-0.1, -0.05) is 0 Å². The molecule has 1 aromatic carbocycles. The normalized spacial score (nSPS) is 22.7. The molecule has 0 spiro atoms. The van der Waals surface area contributed by atoms with E-state index in [-0.39, 0.29) is 45.6 Å². The van der Waals surface area contributed by atoms with E-state index in [0.717, 1.165) is 25.9 Å². The molecule has 0 radical (unpaired) electrons. The van der Waals surface area contributed by atoms with Gasteiger partial charge in [0.05, 0.1) is 11.1 Å². The predicted octanol–water partition coefficient (Wildman–Crippen LogP) is 2.62. The standard InChI is InChI=1S/C27H28N4O6/c1-13-22(34)20(15(3)32)24-21(23(13)35)27(4)18(37-24)12-17(33)19(25(27)36)14(2)30-16-6-10-31(11-7-16)26-28-8-5-9-29-26/h5,8-9,12,16,30,34-35H,6-7,10-11H2,1-4H3. The van der Waals surface area contributed by atoms with E-state index in [1.165, 1.54) is 19.9 Å². The molecule has 37 heavy (non-hydrogen) atoms. The number of nitrogens with one attached hydrogen (secondary N) is 1. The molecule has 3 aliphatic rings. The van der Waals surface area contributed by atoms with Gasteiger partial charge in [0.1, 0.15) is 34.0 Å². The van der Waals surface area contributed by atoms with Crippen molar-refractivity contribution in [2.45, 2.75) is 52.0 Å². The summed E-state index contributed by atoms with van der Waals surface area (Å²) in [6, 6.07) is 1.81. The van der Waals surface area contributed by atoms with Crippen molar-refractivity contribution in [3.8, 4) is 17.2 Å². The fraction of sp³-hybridized carbons (Fsp3) is 0.370. The van der Waals surface area contributed by atoms with Crippen LogP contribution in [-0.4, -0.2) is 56.7 Å². The Bertz CT molecular complexity index is 1410. The summed E-state index contributed by atoms with van der Waals surface area (Å²) in [6.07, 6.45) is 6.16. The number of aromatic nitrogens is 2. The number of allylic oxidation sites excluding steroid dienone is 4. The Balaban J connectivity index is 1.46. The Morgan fingerprint density at radius 1 is 1.14 bits per heavy atom. The van der Waals surface area contributed by atoms with E-state index in [2.05, 4.69) is 20.2 Å². The molecule has 5 rings (SSSR count). The molecule has 1 atom stereocenters. The zero-order valence-electron chi connectivity index (χ0n) is 21.1. The molecule has 10 heteroatoms. The summed E-state index contributed by atoms with van der Waals surface area (Å²) in [4.78, 5) is 50.1. The van der Waals surface area contributed by atoms with Gasteiger partial charge in [0.2, 0.25) is 5.95 Å². The molecule has 2 aromatic rings. The summed E-state index contributed by atoms with van der Waals surface area (Å²) in [5.41, 5.74) is -1.09. The lowest BCUT2D eigenvalue weighted by molar-refractivity contribution is -0.123. The van der Waals surface area contributed by atoms with Gasteiger partial charge in [0.25, 0.3) is 0 Å². The SMILES string of the molecule is CC(=O)c1c(O)c(C)c(O)c2c1OC1=CC(=O)C(=C(C)NC3CCN(c4ncccn4)CC3)C(=O)C12C. The van der Waals surface area contributed by atoms with E-state index in [0.29, 0.717) is 11.6 Å². The molecule has 1 saturated heterocycles. The summed E-state index contributed by atoms with van der Waals surface area (Å²) < 4.78 is 5.81. The summed E-state index contributed by atoms with van der Waals surface area (Å²) in [5.74, 6) is -1.69. The monoisotopic (exact) mass is 504 g/mol. The number of Topliss-reactive ketones (excluding diaryl/α,β-unsaturated/α-hetero) is 2. The molecule has 0 saturated carbocycles. The first-order valence-electron chi connectivity index (χ1n) is 12.1. The first kappa shape index (κ1) is 24.5. The Kier molecular flexibility index (Phi) is 5.77. The Labute approximate surface area is 213 Å². The van der Waals surface area contributed by atoms with Gasteiger partial charge in [-0.2, -0.15) is 0 Å². The van der Waals surface area contributed by atoms with E-state index in [1.54, 1.807) is 32.3 Å². The lowest BCUT2D eigenvalue weighted by atomic mass is 9.70. The number of ketones is 3. The van der Waals surface area contributed by atoms with Crippen LogP contribution < -0.4 is 15.0 Å². The lowest BCUT2D eigenvalue weighted by Crippen LogP contribution is -2.45. The summed E-state index contributed by atoms with van der Waals surface area (Å²) in [6.45, 7) is 7.41. The van der Waals surface area contributed by atoms with Gasteiger partial charge in [-0.05, 0) is 46.6 Å². The topological polar surface area (TPSA) is 142 Å². The number of nitrogens with zero attached hydrogens (tertiary/aromatic N) is 3. The van der Waals surface area contributed by atoms with Crippen molar-refractivity contribution >= 4 is 23.3 Å². The zero-order chi connectivity index (χ0) is 26.6. The van der Waals surface area contributed by atoms with Crippen molar-refractivity contribution in [3.63, 3.8) is 0 Å². The molecule has 0 amide bonds. The fourth-order valence-corrected chi connectivity index (χ4v) is 5.42. The van der Waals surface area contributed by atoms with E-state index in [4.69, 9.17) is 4.74 Å². The van der Waals surface area contributed by atoms with Crippen molar-refractivity contribution in [1.29, 1.82) is 0 Å². The molecule has 1 fully saturated rings. The number of phenolic OH excluding ortho intramolecular Hbond substituents is 2. The second-order valence-corrected chi connectivity index (χ2v) is 9.84. The average molecular weight is 505 g/mol. The maximum absolute atomic E-state index is 13.9. The third-order valence-corrected chi connectivity index (χ3v) is 7.51. The number of ether oxygens (including phenoxy) is 1. The van der Waals surface area contributed by atoms with E-state index < -0.39 is 28.5 Å². The number of anilines is 1. The average Bonchev–Trinajstić information content (AvgIpc) is 3.16. The highest BCUT2D eigenvalue weighted by Gasteiger charge is 2.56. The Morgan fingerprint density at radius 2 is 1.78 bits per heavy atom. The van der Waals surface area contributed by atoms with Crippen molar-refractivity contribution in [1.82, 2.24) is 15.3 Å². The largest absolute Gasteiger partial charge is 0.507 e. The molecule has 1 aromatic heterocycles. The van der Waals surface area contributed by atoms with E-state index in [1.807, 2.05) is 0 Å². The van der Waals surface area contributed by atoms with Crippen LogP contribution in [0.5, 0.6) is 17.2 Å². The van der Waals surface area contributed by atoms with Crippen LogP contribution in [0.4, 0.5) is 5.95 Å². The molecular formula is C27H28N4O6. The van der Waals surface area contributed by atoms with Crippen molar-refractivity contribution < 1.29 is 29.3 Å². The number of aromatic hydroxyl groups is 2. The first-order valence-corrected chi connectivity index (χ1v) is 12.1. The molecule has 10 nitrogen and oxygen atoms in total. The molecule has 0 bridgehead atoms. The van der Waals surface area contributed by atoms with Gasteiger partial charge in [-0.25, -0.2) is 9.97 Å². The third-order valence-electron chi connectivity index (χ3n) is 7.51. The number of fused-ring (bicyclic) bond motifs is 3. The molecule has 3 N–H and O–H groups in total. The number of piperidine rings is 1. The van der Waals surface area contributed by atoms with Crippen LogP contribution in [0.15, 0.2) is 41.6 Å². The Hall–Kier alpha value is -4.21. The maximum Gasteiger partial charge on any atom is 0.225 e. The number of benzene rings is 1. The van der Waals surface area contributed by atoms with E-state index >= 15 is 0 Å². The van der Waals surface area contributed by atoms with Gasteiger partial charge in [-0.3, -0.25) is 14.4 Å². The van der Waals surface area contributed by atoms with Gasteiger partial charge >= 0.3 is 0 Å². The van der Waals surface area contributed by atoms with Crippen LogP contribution in [0, 0.1) is 6.92 Å². The second-order valence-electron chi connectivity index (χ2n) is 9.84. The van der Waals surface area contributed by atoms with Gasteiger partial charge < -0.3 is 25.2 Å². The van der Waals surface area contributed by atoms with Crippen molar-refractivity contribution in [2.75, 3.05) is 18.0 Å². The summed E-state index contributed by atoms with van der Waals surface area (Å²) >= 11 is 0. The van der Waals surface area contributed by atoms with E-state index in [9.17, 15) is 24.6 Å². The van der Waals surface area contributed by atoms with Crippen LogP contribution in [0.1, 0.15) is 55.1 Å². The molecular weight excluding hydrogens is 476 g/mol. The van der Waals surface area contributed by atoms with Crippen LogP contribution in [0.25, 0.3) is 0 Å². The number of hydrogen-bond acceptors (Lipinski definition) is 10. The first-order chi connectivity index (χ1) is 17.6. The van der Waals surface area contributed by atoms with Gasteiger partial charge in [-0.15, -0.1) is 0 Å². The maximum atomic E-state index is 13.9. The fourth-order valence-electron chi connectivity index (χ4n) is 5.42. The van der Waals surface area contributed by atoms with Crippen molar-refractivity contribution in [2.24, 2.45) is 0 Å². The minimum absolute atomic E-state index is 0.0213. The van der Waals surface area contributed by atoms with Gasteiger partial charge in [0, 0.05) is 48.9 Å². The predicted molar refractivity (Wildman–Crippen MR) is 134 cm³/mol. The van der Waals surface area contributed by atoms with Gasteiger partial charge in [0.15, 0.2) is 17.3 Å². The van der Waals surface area contributed by atoms with Crippen LogP contribution in [0.3, 0.4) is 0 Å². The number of phenols is 2. The number of carbonyl (C=O) groups is 3. The summed E-state index contributed by atoms with van der Waals surface area (Å²) in [5, 5.41) is 24.8. The number of rotatable bonds is 4. The highest BCUT2D eigenvalue weighted by atomic mass is 16.5. The highest BCUT2D eigenvalue weighted by Crippen LogP contribution is 2.57. The third kappa shape index (κ3) is 3.66. The zero-order valence-corrected chi connectivity index (χ0v) is 21.1. The number of hydrogen-bond donors (Lipinski definition) is 3. The molecule has 2 aliphatic heterocycles. The summed E-state index contributed by atoms with van der Waals surface area (Å²) in [7, 11) is 0. The second kappa shape index (κ2) is 8.72. The van der Waals surface area contributed by atoms with Crippen LogP contribution in [-0.2, 0) is 15.0 Å². The van der Waals surface area contributed by atoms with Crippen LogP contribution >= 0.6 is 0 Å². The molecule has 3 heterocycles. The Morgan fingerprint density at radius 3 is 2.41 bits per heavy atom. The molecule has 1 unspecified atom stereocenters. The smallest absolute Gasteiger partial charge is 0.225 e. The van der Waals surface area contributed by atoms with Crippen LogP contribution in [0.2, 0.25) is 0 Å². The molecule has 192 valence electrons. The minimum Gasteiger partial charge on any atom is -0.507 e. The van der Waals surface area contributed by atoms with Crippen molar-refractivity contribution in [3.05, 3.63) is 58.3 Å². The minimum atomic E-state index is -1.53. The quantitative estimate of drug-likeness (QED) is 0.323. The lowest BCUT2D eigenvalue weighted by Gasteiger charge is -2.34. The molecule has 1 aliphatic carbocycles. The number of carbonyl (C=O) groups excluding carboxylic acids is 3. The highest BCUT2D eigenvalue weighted by molar-refractivity contribution is 6.31.